The fourth-order valence-corrected chi connectivity index (χ4v) is 12.8. The van der Waals surface area contributed by atoms with Crippen LogP contribution >= 0.6 is 0 Å². The Hall–Kier alpha value is -2.72. The number of nitrogens with one attached hydrogen (secondary N) is 1. The van der Waals surface area contributed by atoms with Gasteiger partial charge in [0.15, 0.2) is 5.78 Å². The Morgan fingerprint density at radius 3 is 1.63 bits per heavy atom. The normalized spacial score (nSPS) is 14.0. The van der Waals surface area contributed by atoms with E-state index in [9.17, 15) is 14.4 Å². The minimum absolute atomic E-state index is 0.0355. The van der Waals surface area contributed by atoms with Crippen molar-refractivity contribution in [3.63, 3.8) is 0 Å². The van der Waals surface area contributed by atoms with E-state index >= 15 is 0 Å². The highest BCUT2D eigenvalue weighted by atomic mass is 28.4. The Morgan fingerprint density at radius 2 is 1.22 bits per heavy atom. The van der Waals surface area contributed by atoms with Gasteiger partial charge in [0, 0.05) is 6.42 Å². The summed E-state index contributed by atoms with van der Waals surface area (Å²) in [6, 6.07) is 18.4. The van der Waals surface area contributed by atoms with E-state index in [2.05, 4.69) is 53.8 Å². The van der Waals surface area contributed by atoms with Crippen molar-refractivity contribution in [3.05, 3.63) is 71.8 Å². The summed E-state index contributed by atoms with van der Waals surface area (Å²) in [5, 5.41) is 2.74. The monoisotopic (exact) mass is 597 g/mol. The van der Waals surface area contributed by atoms with Crippen molar-refractivity contribution in [1.29, 1.82) is 0 Å². The van der Waals surface area contributed by atoms with E-state index in [0.29, 0.717) is 12.8 Å². The van der Waals surface area contributed by atoms with Gasteiger partial charge in [0.1, 0.15) is 0 Å². The molecule has 0 saturated carbocycles. The fraction of sp³-hybridized carbons (Fsp3) is 0.545. The second-order valence-corrected chi connectivity index (χ2v) is 23.7. The highest BCUT2D eigenvalue weighted by molar-refractivity contribution is 6.80. The van der Waals surface area contributed by atoms with Crippen LogP contribution in [-0.2, 0) is 31.3 Å². The Labute approximate surface area is 249 Å². The van der Waals surface area contributed by atoms with Crippen molar-refractivity contribution in [3.8, 4) is 0 Å². The molecule has 2 atom stereocenters. The molecule has 2 aromatic rings. The van der Waals surface area contributed by atoms with E-state index in [-0.39, 0.29) is 34.3 Å². The molecule has 0 bridgehead atoms. The predicted molar refractivity (Wildman–Crippen MR) is 172 cm³/mol. The van der Waals surface area contributed by atoms with Crippen LogP contribution in [0.15, 0.2) is 60.7 Å². The van der Waals surface area contributed by atoms with Crippen LogP contribution in [0, 0.1) is 5.92 Å². The zero-order valence-electron chi connectivity index (χ0n) is 26.7. The van der Waals surface area contributed by atoms with Gasteiger partial charge in [0.2, 0.25) is 8.32 Å². The maximum atomic E-state index is 13.9. The van der Waals surface area contributed by atoms with E-state index < -0.39 is 34.7 Å². The van der Waals surface area contributed by atoms with Crippen LogP contribution in [0.2, 0.25) is 35.8 Å². The number of Topliss-reactive ketones (excluding diaryl/α,β-unsaturated/α-hetero) is 1. The lowest BCUT2D eigenvalue weighted by atomic mass is 9.90. The van der Waals surface area contributed by atoms with Crippen LogP contribution in [-0.4, -0.2) is 40.5 Å². The van der Waals surface area contributed by atoms with E-state index in [1.807, 2.05) is 80.3 Å². The third-order valence-electron chi connectivity index (χ3n) is 7.63. The zero-order valence-corrected chi connectivity index (χ0v) is 28.7. The SMILES string of the molecule is CC(C)[Si](OC(=O)N[C@@H](Cc1ccccc1)C(=O)C[C@@H](Cc1ccccc1)C(=O)O[Si](C)(C)C)(C(C)C)C(C)(C)C. The number of hydrogen-bond donors (Lipinski definition) is 1. The van der Waals surface area contributed by atoms with E-state index in [4.69, 9.17) is 8.85 Å². The third-order valence-corrected chi connectivity index (χ3v) is 14.7. The molecule has 8 heteroatoms. The lowest BCUT2D eigenvalue weighted by Gasteiger charge is -2.47. The molecule has 2 aromatic carbocycles. The van der Waals surface area contributed by atoms with Crippen molar-refractivity contribution in [2.24, 2.45) is 5.92 Å². The largest absolute Gasteiger partial charge is 0.520 e. The second kappa shape index (κ2) is 14.4. The fourth-order valence-electron chi connectivity index (χ4n) is 6.12. The van der Waals surface area contributed by atoms with Crippen molar-refractivity contribution in [2.45, 2.75) is 110 Å². The molecule has 0 aliphatic rings. The lowest BCUT2D eigenvalue weighted by Crippen LogP contribution is -2.56. The van der Waals surface area contributed by atoms with Gasteiger partial charge in [-0.1, -0.05) is 109 Å². The number of carbonyl (C=O) groups is 3. The summed E-state index contributed by atoms with van der Waals surface area (Å²) in [6.07, 6.45) is 0.0989. The van der Waals surface area contributed by atoms with Gasteiger partial charge >= 0.3 is 6.09 Å². The number of carbonyl (C=O) groups excluding carboxylic acids is 3. The predicted octanol–water partition coefficient (Wildman–Crippen LogP) is 8.09. The van der Waals surface area contributed by atoms with Gasteiger partial charge in [-0.25, -0.2) is 4.79 Å². The van der Waals surface area contributed by atoms with Crippen molar-refractivity contribution in [1.82, 2.24) is 5.32 Å². The summed E-state index contributed by atoms with van der Waals surface area (Å²) in [6.45, 7) is 20.8. The first kappa shape index (κ1) is 34.5. The van der Waals surface area contributed by atoms with Gasteiger partial charge in [-0.2, -0.15) is 0 Å². The van der Waals surface area contributed by atoms with Crippen LogP contribution in [0.1, 0.15) is 66.0 Å². The standard InChI is InChI=1S/C33H51NO5Si2/c1-24(2)41(25(3)4,33(5,6)7)39-32(37)34-29(22-27-19-15-12-16-20-27)30(35)23-28(31(36)38-40(8,9)10)21-26-17-13-11-14-18-26/h11-20,24-25,28-29H,21-23H2,1-10H3,(H,34,37)/t28-,29+/m1/s1. The van der Waals surface area contributed by atoms with Crippen LogP contribution in [0.25, 0.3) is 0 Å². The van der Waals surface area contributed by atoms with Gasteiger partial charge in [-0.05, 0) is 59.7 Å². The minimum atomic E-state index is -2.63. The molecule has 0 spiro atoms. The smallest absolute Gasteiger partial charge is 0.394 e. The summed E-state index contributed by atoms with van der Waals surface area (Å²) in [7, 11) is -4.81. The van der Waals surface area contributed by atoms with Gasteiger partial charge in [-0.15, -0.1) is 0 Å². The molecule has 0 unspecified atom stereocenters. The summed E-state index contributed by atoms with van der Waals surface area (Å²) < 4.78 is 12.3. The van der Waals surface area contributed by atoms with Gasteiger partial charge in [-0.3, -0.25) is 9.59 Å². The Balaban J connectivity index is 2.38. The van der Waals surface area contributed by atoms with Crippen molar-refractivity contribution >= 4 is 34.5 Å². The average Bonchev–Trinajstić information content (AvgIpc) is 2.85. The van der Waals surface area contributed by atoms with Gasteiger partial charge in [0.05, 0.1) is 12.0 Å². The molecule has 1 N–H and O–H groups in total. The molecule has 1 amide bonds. The minimum Gasteiger partial charge on any atom is -0.520 e. The molecular weight excluding hydrogens is 547 g/mol. The van der Waals surface area contributed by atoms with Gasteiger partial charge in [0.25, 0.3) is 14.3 Å². The molecule has 2 rings (SSSR count). The first-order valence-corrected chi connectivity index (χ1v) is 20.3. The first-order valence-electron chi connectivity index (χ1n) is 14.8. The molecule has 0 aromatic heterocycles. The number of amides is 1. The van der Waals surface area contributed by atoms with Crippen LogP contribution in [0.3, 0.4) is 0 Å². The molecule has 6 nitrogen and oxygen atoms in total. The van der Waals surface area contributed by atoms with Crippen molar-refractivity contribution in [2.75, 3.05) is 0 Å². The third kappa shape index (κ3) is 9.95. The number of ketones is 1. The molecule has 0 saturated heterocycles. The van der Waals surface area contributed by atoms with Crippen LogP contribution in [0.4, 0.5) is 4.79 Å². The Bertz CT molecular complexity index is 1130. The van der Waals surface area contributed by atoms with E-state index in [1.54, 1.807) is 0 Å². The molecule has 226 valence electrons. The zero-order chi connectivity index (χ0) is 31.0. The first-order chi connectivity index (χ1) is 19.0. The molecule has 0 aliphatic carbocycles. The van der Waals surface area contributed by atoms with Crippen molar-refractivity contribution < 1.29 is 23.2 Å². The molecule has 41 heavy (non-hydrogen) atoms. The van der Waals surface area contributed by atoms with E-state index in [0.717, 1.165) is 11.1 Å². The average molecular weight is 598 g/mol. The van der Waals surface area contributed by atoms with E-state index in [1.165, 1.54) is 0 Å². The quantitative estimate of drug-likeness (QED) is 0.236. The highest BCUT2D eigenvalue weighted by Gasteiger charge is 2.54. The van der Waals surface area contributed by atoms with Crippen LogP contribution in [0.5, 0.6) is 0 Å². The summed E-state index contributed by atoms with van der Waals surface area (Å²) in [5.41, 5.74) is 2.24. The summed E-state index contributed by atoms with van der Waals surface area (Å²) >= 11 is 0. The van der Waals surface area contributed by atoms with Crippen LogP contribution < -0.4 is 5.32 Å². The lowest BCUT2D eigenvalue weighted by molar-refractivity contribution is -0.142. The topological polar surface area (TPSA) is 81.7 Å². The molecule has 0 radical (unpaired) electrons. The summed E-state index contributed by atoms with van der Waals surface area (Å²) in [5.74, 6) is -1.22. The maximum absolute atomic E-state index is 13.9. The molecule has 0 heterocycles. The molecule has 0 fully saturated rings. The number of rotatable bonds is 13. The number of hydrogen-bond acceptors (Lipinski definition) is 5. The molecule has 0 aliphatic heterocycles. The second-order valence-electron chi connectivity index (χ2n) is 13.7. The number of benzene rings is 2. The Kier molecular flexibility index (Phi) is 12.2. The van der Waals surface area contributed by atoms with Gasteiger partial charge < -0.3 is 14.2 Å². The molecular formula is C33H51NO5Si2. The Morgan fingerprint density at radius 1 is 0.756 bits per heavy atom. The maximum Gasteiger partial charge on any atom is 0.394 e. The summed E-state index contributed by atoms with van der Waals surface area (Å²) in [4.78, 5) is 40.8. The highest BCUT2D eigenvalue weighted by Crippen LogP contribution is 2.50.